The van der Waals surface area contributed by atoms with Crippen LogP contribution >= 0.6 is 0 Å². The van der Waals surface area contributed by atoms with Crippen LogP contribution in [0.5, 0.6) is 0 Å². The van der Waals surface area contributed by atoms with E-state index in [4.69, 9.17) is 10.5 Å². The number of ketones is 1. The largest absolute Gasteiger partial charge is 0.444 e. The van der Waals surface area contributed by atoms with Crippen LogP contribution in [0.15, 0.2) is 0 Å². The van der Waals surface area contributed by atoms with E-state index in [0.717, 1.165) is 0 Å². The summed E-state index contributed by atoms with van der Waals surface area (Å²) in [5.74, 6) is -3.40. The summed E-state index contributed by atoms with van der Waals surface area (Å²) in [6, 6.07) is -3.21. The molecule has 1 saturated carbocycles. The number of alkyl carbamates (subject to hydrolysis) is 1. The molecule has 0 aromatic carbocycles. The summed E-state index contributed by atoms with van der Waals surface area (Å²) < 4.78 is 5.35. The average molecular weight is 511 g/mol. The fraction of sp³-hybridized carbons (Fsp3) is 0.800. The van der Waals surface area contributed by atoms with Crippen LogP contribution in [0.4, 0.5) is 4.79 Å². The van der Waals surface area contributed by atoms with Gasteiger partial charge in [0, 0.05) is 13.0 Å². The minimum atomic E-state index is -1.31. The number of hydrogen-bond donors (Lipinski definition) is 4. The second kappa shape index (κ2) is 9.99. The van der Waals surface area contributed by atoms with Crippen molar-refractivity contribution in [3.63, 3.8) is 0 Å². The van der Waals surface area contributed by atoms with Gasteiger partial charge in [-0.15, -0.1) is 0 Å². The lowest BCUT2D eigenvalue weighted by molar-refractivity contribution is -0.145. The van der Waals surface area contributed by atoms with Gasteiger partial charge < -0.3 is 31.1 Å². The van der Waals surface area contributed by atoms with E-state index in [1.807, 2.05) is 13.8 Å². The van der Waals surface area contributed by atoms with Crippen molar-refractivity contribution in [1.82, 2.24) is 15.5 Å². The Hall–Kier alpha value is -2.69. The van der Waals surface area contributed by atoms with Gasteiger partial charge in [-0.05, 0) is 50.4 Å². The number of piperidine rings is 1. The van der Waals surface area contributed by atoms with E-state index >= 15 is 0 Å². The number of aliphatic hydroxyl groups is 1. The molecule has 0 bridgehead atoms. The zero-order chi connectivity index (χ0) is 28.0. The highest BCUT2D eigenvalue weighted by Gasteiger charge is 2.70. The molecule has 0 radical (unpaired) electrons. The van der Waals surface area contributed by atoms with E-state index in [1.54, 1.807) is 41.5 Å². The lowest BCUT2D eigenvalue weighted by Crippen LogP contribution is -2.61. The van der Waals surface area contributed by atoms with Gasteiger partial charge in [-0.25, -0.2) is 4.79 Å². The number of nitrogens with zero attached hydrogens (tertiary/aromatic N) is 1. The molecule has 0 aromatic rings. The van der Waals surface area contributed by atoms with Crippen molar-refractivity contribution in [1.29, 1.82) is 0 Å². The molecule has 0 aromatic heterocycles. The van der Waals surface area contributed by atoms with Gasteiger partial charge in [0.15, 0.2) is 0 Å². The number of hydrogen-bond acceptors (Lipinski definition) is 7. The third-order valence-electron chi connectivity index (χ3n) is 6.99. The van der Waals surface area contributed by atoms with Gasteiger partial charge in [-0.1, -0.05) is 34.6 Å². The van der Waals surface area contributed by atoms with E-state index in [9.17, 15) is 29.1 Å². The van der Waals surface area contributed by atoms with E-state index in [0.29, 0.717) is 6.54 Å². The smallest absolute Gasteiger partial charge is 0.408 e. The zero-order valence-corrected chi connectivity index (χ0v) is 22.8. The molecule has 11 heteroatoms. The second-order valence-corrected chi connectivity index (χ2v) is 12.7. The van der Waals surface area contributed by atoms with Gasteiger partial charge in [0.2, 0.25) is 17.6 Å². The van der Waals surface area contributed by atoms with Crippen molar-refractivity contribution < 1.29 is 33.8 Å². The number of primary amides is 1. The molecule has 1 saturated heterocycles. The number of amides is 4. The van der Waals surface area contributed by atoms with Crippen molar-refractivity contribution in [2.75, 3.05) is 6.54 Å². The van der Waals surface area contributed by atoms with E-state index < -0.39 is 64.8 Å². The lowest BCUT2D eigenvalue weighted by atomic mass is 9.85. The lowest BCUT2D eigenvalue weighted by Gasteiger charge is -2.38. The van der Waals surface area contributed by atoms with Gasteiger partial charge in [-0.3, -0.25) is 19.2 Å². The average Bonchev–Trinajstić information content (AvgIpc) is 3.03. The molecule has 2 fully saturated rings. The maximum absolute atomic E-state index is 13.8. The van der Waals surface area contributed by atoms with Gasteiger partial charge in [0.1, 0.15) is 17.7 Å². The molecule has 6 atom stereocenters. The van der Waals surface area contributed by atoms with Gasteiger partial charge in [0.25, 0.3) is 5.91 Å². The molecule has 1 aliphatic heterocycles. The highest BCUT2D eigenvalue weighted by molar-refractivity contribution is 6.37. The predicted molar refractivity (Wildman–Crippen MR) is 131 cm³/mol. The van der Waals surface area contributed by atoms with Crippen LogP contribution in [0.25, 0.3) is 0 Å². The van der Waals surface area contributed by atoms with Crippen molar-refractivity contribution in [2.24, 2.45) is 28.4 Å². The molecule has 204 valence electrons. The first-order chi connectivity index (χ1) is 16.2. The van der Waals surface area contributed by atoms with Crippen molar-refractivity contribution in [2.45, 2.75) is 98.6 Å². The number of nitrogens with two attached hydrogens (primary N) is 1. The van der Waals surface area contributed by atoms with Crippen LogP contribution in [0.2, 0.25) is 0 Å². The third kappa shape index (κ3) is 6.54. The van der Waals surface area contributed by atoms with Crippen molar-refractivity contribution in [3.05, 3.63) is 0 Å². The number of carbonyl (C=O) groups is 5. The highest BCUT2D eigenvalue weighted by atomic mass is 16.6. The minimum absolute atomic E-state index is 0.0569. The molecule has 2 rings (SSSR count). The number of carbonyl (C=O) groups excluding carboxylic acids is 5. The Balaban J connectivity index is 2.33. The molecule has 3 unspecified atom stereocenters. The number of Topliss-reactive ketones (excluding diaryl/α,β-unsaturated/α-hetero) is 1. The van der Waals surface area contributed by atoms with Crippen LogP contribution in [0, 0.1) is 22.7 Å². The topological polar surface area (TPSA) is 168 Å². The summed E-state index contributed by atoms with van der Waals surface area (Å²) in [7, 11) is 0. The summed E-state index contributed by atoms with van der Waals surface area (Å²) in [6.07, 6.45) is -1.92. The fourth-order valence-electron chi connectivity index (χ4n) is 5.05. The van der Waals surface area contributed by atoms with Crippen molar-refractivity contribution >= 4 is 29.6 Å². The Morgan fingerprint density at radius 1 is 1.08 bits per heavy atom. The molecule has 4 amide bonds. The van der Waals surface area contributed by atoms with Gasteiger partial charge in [0.05, 0.1) is 12.1 Å². The SMILES string of the molecule is CC(O)CC(NC(=O)[C@@H]1[C@@H]2[C@H](CN1C(=O)C(NC(=O)OC(C)(C)C)C(C)(C)C)C2(C)C)C(=O)C(N)=O. The standard InChI is InChI=1S/C25H42N4O7/c1-12(30)10-14(17(31)19(26)32)27-20(33)16-15-13(25(15,8)9)11-29(16)21(34)18(23(2,3)4)28-22(35)36-24(5,6)7/h12-16,18,30H,10-11H2,1-9H3,(H2,26,32)(H,27,33)(H,28,35)/t12?,13-,14?,15-,16-,18?/m0/s1. The van der Waals surface area contributed by atoms with Crippen LogP contribution < -0.4 is 16.4 Å². The molecule has 1 heterocycles. The van der Waals surface area contributed by atoms with E-state index in [1.165, 1.54) is 11.8 Å². The molecule has 2 aliphatic rings. The Morgan fingerprint density at radius 2 is 1.64 bits per heavy atom. The monoisotopic (exact) mass is 510 g/mol. The summed E-state index contributed by atoms with van der Waals surface area (Å²) in [5.41, 5.74) is 3.47. The summed E-state index contributed by atoms with van der Waals surface area (Å²) in [6.45, 7) is 16.3. The number of fused-ring (bicyclic) bond motifs is 1. The molecule has 36 heavy (non-hydrogen) atoms. The first-order valence-corrected chi connectivity index (χ1v) is 12.3. The summed E-state index contributed by atoms with van der Waals surface area (Å²) >= 11 is 0. The zero-order valence-electron chi connectivity index (χ0n) is 22.8. The fourth-order valence-corrected chi connectivity index (χ4v) is 5.05. The molecule has 0 spiro atoms. The number of aliphatic hydroxyl groups excluding tert-OH is 1. The third-order valence-corrected chi connectivity index (χ3v) is 6.99. The number of rotatable bonds is 8. The molecular formula is C25H42N4O7. The van der Waals surface area contributed by atoms with Crippen LogP contribution in [-0.2, 0) is 23.9 Å². The predicted octanol–water partition coefficient (Wildman–Crippen LogP) is 0.719. The van der Waals surface area contributed by atoms with Crippen LogP contribution in [0.1, 0.15) is 68.7 Å². The highest BCUT2D eigenvalue weighted by Crippen LogP contribution is 2.65. The number of nitrogens with one attached hydrogen (secondary N) is 2. The van der Waals surface area contributed by atoms with Gasteiger partial charge >= 0.3 is 6.09 Å². The first-order valence-electron chi connectivity index (χ1n) is 12.3. The Kier molecular flexibility index (Phi) is 8.20. The number of ether oxygens (including phenoxy) is 1. The maximum atomic E-state index is 13.8. The maximum Gasteiger partial charge on any atom is 0.408 e. The van der Waals surface area contributed by atoms with E-state index in [2.05, 4.69) is 10.6 Å². The normalized spacial score (nSPS) is 25.2. The molecule has 11 nitrogen and oxygen atoms in total. The van der Waals surface area contributed by atoms with Crippen molar-refractivity contribution in [3.8, 4) is 0 Å². The second-order valence-electron chi connectivity index (χ2n) is 12.7. The summed E-state index contributed by atoms with van der Waals surface area (Å²) in [5, 5.41) is 15.0. The van der Waals surface area contributed by atoms with Gasteiger partial charge in [-0.2, -0.15) is 0 Å². The Bertz CT molecular complexity index is 916. The molecular weight excluding hydrogens is 468 g/mol. The minimum Gasteiger partial charge on any atom is -0.444 e. The molecule has 5 N–H and O–H groups in total. The number of likely N-dealkylation sites (tertiary alicyclic amines) is 1. The quantitative estimate of drug-likeness (QED) is 0.349. The van der Waals surface area contributed by atoms with Crippen LogP contribution in [-0.4, -0.2) is 76.0 Å². The molecule has 1 aliphatic carbocycles. The Morgan fingerprint density at radius 3 is 2.08 bits per heavy atom. The summed E-state index contributed by atoms with van der Waals surface area (Å²) in [4.78, 5) is 65.0. The van der Waals surface area contributed by atoms with E-state index in [-0.39, 0.29) is 23.7 Å². The Labute approximate surface area is 212 Å². The van der Waals surface area contributed by atoms with Crippen LogP contribution in [0.3, 0.4) is 0 Å². The first kappa shape index (κ1) is 29.5.